The van der Waals surface area contributed by atoms with Crippen LogP contribution in [-0.2, 0) is 22.6 Å². The average Bonchev–Trinajstić information content (AvgIpc) is 3.33. The van der Waals surface area contributed by atoms with Crippen LogP contribution in [0.3, 0.4) is 0 Å². The van der Waals surface area contributed by atoms with Gasteiger partial charge in [0.25, 0.3) is 5.91 Å². The van der Waals surface area contributed by atoms with E-state index < -0.39 is 6.04 Å². The highest BCUT2D eigenvalue weighted by atomic mass is 32.1. The second kappa shape index (κ2) is 6.95. The molecule has 0 N–H and O–H groups in total. The zero-order chi connectivity index (χ0) is 16.2. The summed E-state index contributed by atoms with van der Waals surface area (Å²) in [5, 5.41) is 2.92. The molecule has 7 heteroatoms. The van der Waals surface area contributed by atoms with Gasteiger partial charge in [0.15, 0.2) is 5.76 Å². The quantitative estimate of drug-likeness (QED) is 0.786. The summed E-state index contributed by atoms with van der Waals surface area (Å²) in [6, 6.07) is 2.71. The minimum Gasteiger partial charge on any atom is -0.459 e. The van der Waals surface area contributed by atoms with Gasteiger partial charge in [0.1, 0.15) is 12.6 Å². The highest BCUT2D eigenvalue weighted by Gasteiger charge is 2.36. The number of rotatable bonds is 5. The van der Waals surface area contributed by atoms with Crippen molar-refractivity contribution in [2.75, 3.05) is 6.54 Å². The highest BCUT2D eigenvalue weighted by Crippen LogP contribution is 2.22. The summed E-state index contributed by atoms with van der Waals surface area (Å²) < 4.78 is 10.5. The SMILES string of the molecule is CCc1nc(COC(=O)[C@@H]2CCCN2C(=O)c2ccco2)cs1. The van der Waals surface area contributed by atoms with Crippen LogP contribution in [0.1, 0.15) is 41.0 Å². The van der Waals surface area contributed by atoms with Crippen molar-refractivity contribution in [1.29, 1.82) is 0 Å². The minimum absolute atomic E-state index is 0.147. The minimum atomic E-state index is -0.545. The largest absolute Gasteiger partial charge is 0.459 e. The van der Waals surface area contributed by atoms with Crippen LogP contribution in [-0.4, -0.2) is 34.3 Å². The summed E-state index contributed by atoms with van der Waals surface area (Å²) in [5.74, 6) is -0.401. The zero-order valence-electron chi connectivity index (χ0n) is 12.9. The van der Waals surface area contributed by atoms with E-state index in [1.165, 1.54) is 11.2 Å². The van der Waals surface area contributed by atoms with E-state index in [0.29, 0.717) is 13.0 Å². The van der Waals surface area contributed by atoms with E-state index in [4.69, 9.17) is 9.15 Å². The van der Waals surface area contributed by atoms with Crippen LogP contribution in [0.5, 0.6) is 0 Å². The van der Waals surface area contributed by atoms with Gasteiger partial charge in [-0.1, -0.05) is 6.92 Å². The van der Waals surface area contributed by atoms with E-state index in [-0.39, 0.29) is 24.2 Å². The number of esters is 1. The third-order valence-electron chi connectivity index (χ3n) is 3.78. The number of aromatic nitrogens is 1. The Morgan fingerprint density at radius 3 is 3.09 bits per heavy atom. The molecule has 0 saturated carbocycles. The average molecular weight is 334 g/mol. The summed E-state index contributed by atoms with van der Waals surface area (Å²) in [6.45, 7) is 2.72. The molecule has 0 aromatic carbocycles. The lowest BCUT2D eigenvalue weighted by atomic mass is 10.2. The predicted octanol–water partition coefficient (Wildman–Crippen LogP) is 2.65. The monoisotopic (exact) mass is 334 g/mol. The lowest BCUT2D eigenvalue weighted by Gasteiger charge is -2.22. The molecule has 1 aliphatic rings. The van der Waals surface area contributed by atoms with Gasteiger partial charge in [-0.05, 0) is 31.4 Å². The maximum atomic E-state index is 12.4. The molecule has 2 aromatic rings. The molecular formula is C16H18N2O4S. The van der Waals surface area contributed by atoms with Gasteiger partial charge >= 0.3 is 5.97 Å². The van der Waals surface area contributed by atoms with Gasteiger partial charge in [0.2, 0.25) is 0 Å². The van der Waals surface area contributed by atoms with Crippen molar-refractivity contribution in [3.8, 4) is 0 Å². The van der Waals surface area contributed by atoms with Crippen LogP contribution in [0.2, 0.25) is 0 Å². The van der Waals surface area contributed by atoms with Crippen LogP contribution < -0.4 is 0 Å². The predicted molar refractivity (Wildman–Crippen MR) is 84.1 cm³/mol. The highest BCUT2D eigenvalue weighted by molar-refractivity contribution is 7.09. The fourth-order valence-corrected chi connectivity index (χ4v) is 3.34. The summed E-state index contributed by atoms with van der Waals surface area (Å²) in [7, 11) is 0. The molecule has 3 rings (SSSR count). The van der Waals surface area contributed by atoms with Crippen molar-refractivity contribution in [2.24, 2.45) is 0 Å². The number of hydrogen-bond acceptors (Lipinski definition) is 6. The molecule has 1 atom stereocenters. The maximum absolute atomic E-state index is 12.4. The Morgan fingerprint density at radius 2 is 2.39 bits per heavy atom. The number of carbonyl (C=O) groups is 2. The number of hydrogen-bond donors (Lipinski definition) is 0. The molecule has 2 aromatic heterocycles. The molecule has 1 aliphatic heterocycles. The van der Waals surface area contributed by atoms with Crippen molar-refractivity contribution in [3.63, 3.8) is 0 Å². The summed E-state index contributed by atoms with van der Waals surface area (Å²) in [5.41, 5.74) is 0.752. The van der Waals surface area contributed by atoms with E-state index >= 15 is 0 Å². The molecule has 0 radical (unpaired) electrons. The first kappa shape index (κ1) is 15.7. The van der Waals surface area contributed by atoms with Gasteiger partial charge in [-0.15, -0.1) is 11.3 Å². The van der Waals surface area contributed by atoms with Gasteiger partial charge in [-0.2, -0.15) is 0 Å². The summed E-state index contributed by atoms with van der Waals surface area (Å²) >= 11 is 1.56. The van der Waals surface area contributed by atoms with E-state index in [2.05, 4.69) is 4.98 Å². The smallest absolute Gasteiger partial charge is 0.329 e. The Hall–Kier alpha value is -2.15. The van der Waals surface area contributed by atoms with Crippen LogP contribution in [0.25, 0.3) is 0 Å². The van der Waals surface area contributed by atoms with Gasteiger partial charge in [0, 0.05) is 11.9 Å². The number of thiazole rings is 1. The number of likely N-dealkylation sites (tertiary alicyclic amines) is 1. The maximum Gasteiger partial charge on any atom is 0.329 e. The lowest BCUT2D eigenvalue weighted by Crippen LogP contribution is -2.41. The molecule has 1 fully saturated rings. The van der Waals surface area contributed by atoms with E-state index in [9.17, 15) is 9.59 Å². The second-order valence-electron chi connectivity index (χ2n) is 5.33. The van der Waals surface area contributed by atoms with E-state index in [0.717, 1.165) is 23.5 Å². The number of amides is 1. The van der Waals surface area contributed by atoms with Gasteiger partial charge in [-0.25, -0.2) is 9.78 Å². The third kappa shape index (κ3) is 3.44. The molecule has 1 amide bonds. The van der Waals surface area contributed by atoms with Gasteiger partial charge < -0.3 is 14.1 Å². The molecule has 0 bridgehead atoms. The molecule has 0 aliphatic carbocycles. The molecule has 0 spiro atoms. The first-order chi connectivity index (χ1) is 11.2. The second-order valence-corrected chi connectivity index (χ2v) is 6.27. The van der Waals surface area contributed by atoms with Crippen LogP contribution in [0.15, 0.2) is 28.2 Å². The van der Waals surface area contributed by atoms with Crippen molar-refractivity contribution >= 4 is 23.2 Å². The van der Waals surface area contributed by atoms with E-state index in [1.807, 2.05) is 12.3 Å². The fourth-order valence-electron chi connectivity index (χ4n) is 2.62. The number of ether oxygens (including phenoxy) is 1. The zero-order valence-corrected chi connectivity index (χ0v) is 13.7. The van der Waals surface area contributed by atoms with Crippen molar-refractivity contribution < 1.29 is 18.7 Å². The molecular weight excluding hydrogens is 316 g/mol. The normalized spacial score (nSPS) is 17.4. The van der Waals surface area contributed by atoms with Crippen LogP contribution >= 0.6 is 11.3 Å². The number of carbonyl (C=O) groups excluding carboxylic acids is 2. The lowest BCUT2D eigenvalue weighted by molar-refractivity contribution is -0.149. The summed E-state index contributed by atoms with van der Waals surface area (Å²) in [4.78, 5) is 30.6. The van der Waals surface area contributed by atoms with Crippen molar-refractivity contribution in [3.05, 3.63) is 40.2 Å². The Labute approximate surface area is 138 Å². The Bertz CT molecular complexity index is 680. The molecule has 1 saturated heterocycles. The van der Waals surface area contributed by atoms with Crippen LogP contribution in [0, 0.1) is 0 Å². The fraction of sp³-hybridized carbons (Fsp3) is 0.438. The summed E-state index contributed by atoms with van der Waals surface area (Å²) in [6.07, 6.45) is 3.71. The Balaban J connectivity index is 1.60. The number of aryl methyl sites for hydroxylation is 1. The Kier molecular flexibility index (Phi) is 4.76. The van der Waals surface area contributed by atoms with Crippen molar-refractivity contribution in [2.45, 2.75) is 38.8 Å². The Morgan fingerprint density at radius 1 is 1.52 bits per heavy atom. The van der Waals surface area contributed by atoms with E-state index in [1.54, 1.807) is 23.5 Å². The molecule has 3 heterocycles. The molecule has 122 valence electrons. The number of furan rings is 1. The third-order valence-corrected chi connectivity index (χ3v) is 4.82. The topological polar surface area (TPSA) is 72.6 Å². The first-order valence-corrected chi connectivity index (χ1v) is 8.51. The van der Waals surface area contributed by atoms with Crippen molar-refractivity contribution in [1.82, 2.24) is 9.88 Å². The van der Waals surface area contributed by atoms with Crippen LogP contribution in [0.4, 0.5) is 0 Å². The molecule has 0 unspecified atom stereocenters. The molecule has 6 nitrogen and oxygen atoms in total. The van der Waals surface area contributed by atoms with Gasteiger partial charge in [-0.3, -0.25) is 4.79 Å². The standard InChI is InChI=1S/C16H18N2O4S/c1-2-14-17-11(10-23-14)9-22-16(20)12-5-3-7-18(12)15(19)13-6-4-8-21-13/h4,6,8,10,12H,2-3,5,7,9H2,1H3/t12-/m0/s1. The number of nitrogens with zero attached hydrogens (tertiary/aromatic N) is 2. The first-order valence-electron chi connectivity index (χ1n) is 7.63. The molecule has 23 heavy (non-hydrogen) atoms. The van der Waals surface area contributed by atoms with Gasteiger partial charge in [0.05, 0.1) is 17.0 Å².